The van der Waals surface area contributed by atoms with Gasteiger partial charge < -0.3 is 4.79 Å². The van der Waals surface area contributed by atoms with Crippen molar-refractivity contribution in [2.45, 2.75) is 5.41 Å². The van der Waals surface area contributed by atoms with Gasteiger partial charge in [0.05, 0.1) is 0 Å². The van der Waals surface area contributed by atoms with Gasteiger partial charge in [0.25, 0.3) is 0 Å². The van der Waals surface area contributed by atoms with Crippen LogP contribution < -0.4 is 0 Å². The van der Waals surface area contributed by atoms with Crippen molar-refractivity contribution in [2.75, 3.05) is 0 Å². The number of pyridine rings is 1. The Morgan fingerprint density at radius 2 is 1.10 bits per heavy atom. The number of carbonyl (C=O) groups is 1. The monoisotopic (exact) mass is 273 g/mol. The second kappa shape index (κ2) is 5.71. The van der Waals surface area contributed by atoms with Gasteiger partial charge in [-0.1, -0.05) is 60.7 Å². The number of aldehydes is 1. The Balaban J connectivity index is 2.31. The summed E-state index contributed by atoms with van der Waals surface area (Å²) in [6.45, 7) is 0. The maximum absolute atomic E-state index is 12.2. The summed E-state index contributed by atoms with van der Waals surface area (Å²) < 4.78 is 0. The van der Waals surface area contributed by atoms with Crippen molar-refractivity contribution in [1.82, 2.24) is 4.98 Å². The number of rotatable bonds is 4. The summed E-state index contributed by atoms with van der Waals surface area (Å²) in [4.78, 5) is 16.3. The third kappa shape index (κ3) is 2.25. The van der Waals surface area contributed by atoms with Crippen LogP contribution in [0.25, 0.3) is 0 Å². The van der Waals surface area contributed by atoms with E-state index in [2.05, 4.69) is 4.98 Å². The van der Waals surface area contributed by atoms with Crippen LogP contribution >= 0.6 is 0 Å². The molecule has 0 fully saturated rings. The summed E-state index contributed by atoms with van der Waals surface area (Å²) in [7, 11) is 0. The third-order valence-electron chi connectivity index (χ3n) is 3.77. The maximum Gasteiger partial charge on any atom is 0.139 e. The summed E-state index contributed by atoms with van der Waals surface area (Å²) in [6.07, 6.45) is 4.46. The topological polar surface area (TPSA) is 30.0 Å². The smallest absolute Gasteiger partial charge is 0.139 e. The molecule has 0 spiro atoms. The van der Waals surface area contributed by atoms with Gasteiger partial charge >= 0.3 is 0 Å². The van der Waals surface area contributed by atoms with Gasteiger partial charge in [-0.2, -0.15) is 0 Å². The van der Waals surface area contributed by atoms with Crippen molar-refractivity contribution >= 4 is 6.29 Å². The predicted octanol–water partition coefficient (Wildman–Crippen LogP) is 3.61. The lowest BCUT2D eigenvalue weighted by atomic mass is 9.71. The second-order valence-corrected chi connectivity index (χ2v) is 4.89. The van der Waals surface area contributed by atoms with Crippen LogP contribution in [0.3, 0.4) is 0 Å². The first-order chi connectivity index (χ1) is 10.4. The van der Waals surface area contributed by atoms with E-state index in [1.165, 1.54) is 0 Å². The molecule has 0 aliphatic carbocycles. The van der Waals surface area contributed by atoms with Crippen LogP contribution in [0, 0.1) is 0 Å². The molecule has 0 aliphatic heterocycles. The second-order valence-electron chi connectivity index (χ2n) is 4.89. The van der Waals surface area contributed by atoms with E-state index in [-0.39, 0.29) is 0 Å². The molecular weight excluding hydrogens is 258 g/mol. The lowest BCUT2D eigenvalue weighted by molar-refractivity contribution is -0.110. The summed E-state index contributed by atoms with van der Waals surface area (Å²) in [5, 5.41) is 0. The minimum Gasteiger partial charge on any atom is -0.302 e. The predicted molar refractivity (Wildman–Crippen MR) is 83.1 cm³/mol. The molecule has 21 heavy (non-hydrogen) atoms. The lowest BCUT2D eigenvalue weighted by Gasteiger charge is -2.29. The normalized spacial score (nSPS) is 11.0. The van der Waals surface area contributed by atoms with Gasteiger partial charge in [0.1, 0.15) is 11.7 Å². The van der Waals surface area contributed by atoms with Gasteiger partial charge in [0.15, 0.2) is 0 Å². The van der Waals surface area contributed by atoms with E-state index in [4.69, 9.17) is 0 Å². The molecule has 0 saturated heterocycles. The standard InChI is InChI=1S/C19H15NO/c21-15-19(16-7-3-1-4-8-16,17-9-5-2-6-10-17)18-11-13-20-14-12-18/h1-15H. The number of benzene rings is 2. The van der Waals surface area contributed by atoms with Gasteiger partial charge in [-0.25, -0.2) is 0 Å². The Morgan fingerprint density at radius 1 is 0.667 bits per heavy atom. The van der Waals surface area contributed by atoms with Crippen molar-refractivity contribution in [3.63, 3.8) is 0 Å². The Bertz CT molecular complexity index is 612. The third-order valence-corrected chi connectivity index (χ3v) is 3.77. The molecule has 0 bridgehead atoms. The Morgan fingerprint density at radius 3 is 1.52 bits per heavy atom. The summed E-state index contributed by atoms with van der Waals surface area (Å²) in [5.41, 5.74) is 2.03. The SMILES string of the molecule is O=CC(c1ccccc1)(c1ccccc1)c1ccncc1. The number of hydrogen-bond donors (Lipinski definition) is 0. The highest BCUT2D eigenvalue weighted by Gasteiger charge is 2.35. The first-order valence-corrected chi connectivity index (χ1v) is 6.86. The molecule has 2 heteroatoms. The highest BCUT2D eigenvalue weighted by molar-refractivity contribution is 5.81. The molecule has 3 rings (SSSR count). The maximum atomic E-state index is 12.2. The van der Waals surface area contributed by atoms with E-state index >= 15 is 0 Å². The molecule has 0 saturated carbocycles. The zero-order valence-electron chi connectivity index (χ0n) is 11.5. The van der Waals surface area contributed by atoms with Crippen molar-refractivity contribution in [1.29, 1.82) is 0 Å². The van der Waals surface area contributed by atoms with Crippen molar-refractivity contribution < 1.29 is 4.79 Å². The average molecular weight is 273 g/mol. The fourth-order valence-corrected chi connectivity index (χ4v) is 2.72. The minimum absolute atomic E-state index is 0.800. The zero-order chi connectivity index (χ0) is 14.5. The van der Waals surface area contributed by atoms with Crippen LogP contribution in [0.1, 0.15) is 16.7 Å². The summed E-state index contributed by atoms with van der Waals surface area (Å²) in [6, 6.07) is 23.5. The highest BCUT2D eigenvalue weighted by atomic mass is 16.1. The Hall–Kier alpha value is -2.74. The van der Waals surface area contributed by atoms with Gasteiger partial charge in [-0.05, 0) is 28.8 Å². The van der Waals surface area contributed by atoms with Gasteiger partial charge in [-0.15, -0.1) is 0 Å². The number of carbonyl (C=O) groups excluding carboxylic acids is 1. The molecule has 0 N–H and O–H groups in total. The summed E-state index contributed by atoms with van der Waals surface area (Å²) >= 11 is 0. The molecule has 102 valence electrons. The molecule has 2 nitrogen and oxygen atoms in total. The van der Waals surface area contributed by atoms with E-state index < -0.39 is 5.41 Å². The highest BCUT2D eigenvalue weighted by Crippen LogP contribution is 2.36. The first kappa shape index (κ1) is 13.3. The van der Waals surface area contributed by atoms with Crippen LogP contribution in [-0.2, 0) is 10.2 Å². The fraction of sp³-hybridized carbons (Fsp3) is 0.0526. The Labute approximate surface area is 124 Å². The van der Waals surface area contributed by atoms with Crippen molar-refractivity contribution in [3.8, 4) is 0 Å². The van der Waals surface area contributed by atoms with Gasteiger partial charge in [0.2, 0.25) is 0 Å². The first-order valence-electron chi connectivity index (χ1n) is 6.86. The molecule has 0 aliphatic rings. The van der Waals surface area contributed by atoms with Crippen LogP contribution in [0.5, 0.6) is 0 Å². The lowest BCUT2D eigenvalue weighted by Crippen LogP contribution is -2.31. The van der Waals surface area contributed by atoms with Crippen molar-refractivity contribution in [2.24, 2.45) is 0 Å². The largest absolute Gasteiger partial charge is 0.302 e. The molecule has 0 unspecified atom stereocenters. The molecule has 0 atom stereocenters. The van der Waals surface area contributed by atoms with E-state index in [1.54, 1.807) is 12.4 Å². The molecule has 0 amide bonds. The van der Waals surface area contributed by atoms with Crippen molar-refractivity contribution in [3.05, 3.63) is 102 Å². The van der Waals surface area contributed by atoms with E-state index in [0.29, 0.717) is 0 Å². The molecule has 3 aromatic rings. The van der Waals surface area contributed by atoms with Crippen LogP contribution in [-0.4, -0.2) is 11.3 Å². The van der Waals surface area contributed by atoms with Crippen LogP contribution in [0.4, 0.5) is 0 Å². The fourth-order valence-electron chi connectivity index (χ4n) is 2.72. The molecule has 0 radical (unpaired) electrons. The molecular formula is C19H15NO. The van der Waals surface area contributed by atoms with E-state index in [1.807, 2.05) is 72.8 Å². The Kier molecular flexibility index (Phi) is 3.61. The van der Waals surface area contributed by atoms with Crippen LogP contribution in [0.2, 0.25) is 0 Å². The molecule has 2 aromatic carbocycles. The van der Waals surface area contributed by atoms with Gasteiger partial charge in [0, 0.05) is 12.4 Å². The average Bonchev–Trinajstić information content (AvgIpc) is 2.59. The number of nitrogens with zero attached hydrogens (tertiary/aromatic N) is 1. The molecule has 1 aromatic heterocycles. The summed E-state index contributed by atoms with van der Waals surface area (Å²) in [5.74, 6) is 0. The van der Waals surface area contributed by atoms with E-state index in [0.717, 1.165) is 23.0 Å². The van der Waals surface area contributed by atoms with Crippen LogP contribution in [0.15, 0.2) is 85.2 Å². The number of hydrogen-bond acceptors (Lipinski definition) is 2. The molecule has 1 heterocycles. The minimum atomic E-state index is -0.800. The van der Waals surface area contributed by atoms with E-state index in [9.17, 15) is 4.79 Å². The quantitative estimate of drug-likeness (QED) is 0.680. The zero-order valence-corrected chi connectivity index (χ0v) is 11.5. The number of aromatic nitrogens is 1. The van der Waals surface area contributed by atoms with Gasteiger partial charge in [-0.3, -0.25) is 4.98 Å².